The van der Waals surface area contributed by atoms with Crippen LogP contribution < -0.4 is 20.3 Å². The molecule has 1 heterocycles. The molecular weight excluding hydrogens is 515 g/mol. The van der Waals surface area contributed by atoms with Crippen LogP contribution in [0.25, 0.3) is 0 Å². The van der Waals surface area contributed by atoms with E-state index in [0.29, 0.717) is 25.6 Å². The number of aliphatic imine (C=N–C) groups is 1. The van der Waals surface area contributed by atoms with Gasteiger partial charge in [0.15, 0.2) is 5.96 Å². The van der Waals surface area contributed by atoms with Gasteiger partial charge in [0.1, 0.15) is 5.75 Å². The van der Waals surface area contributed by atoms with E-state index in [0.717, 1.165) is 43.5 Å². The highest BCUT2D eigenvalue weighted by atomic mass is 127. The predicted octanol–water partition coefficient (Wildman–Crippen LogP) is 4.35. The second-order valence-electron chi connectivity index (χ2n) is 8.26. The summed E-state index contributed by atoms with van der Waals surface area (Å²) in [6.45, 7) is 8.59. The number of halogens is 1. The minimum Gasteiger partial charge on any atom is -0.493 e. The first-order chi connectivity index (χ1) is 15.0. The molecule has 0 bridgehead atoms. The zero-order chi connectivity index (χ0) is 22.1. The van der Waals surface area contributed by atoms with Crippen LogP contribution in [0.3, 0.4) is 0 Å². The van der Waals surface area contributed by atoms with E-state index in [1.54, 1.807) is 0 Å². The van der Waals surface area contributed by atoms with E-state index in [1.807, 2.05) is 0 Å². The molecule has 176 valence electrons. The summed E-state index contributed by atoms with van der Waals surface area (Å²) in [5.41, 5.74) is 4.69. The van der Waals surface area contributed by atoms with Gasteiger partial charge in [0.2, 0.25) is 0 Å². The highest BCUT2D eigenvalue weighted by Gasteiger charge is 2.17. The van der Waals surface area contributed by atoms with Crippen molar-refractivity contribution in [2.75, 3.05) is 45.4 Å². The van der Waals surface area contributed by atoms with E-state index in [4.69, 9.17) is 14.5 Å². The second kappa shape index (κ2) is 13.5. The van der Waals surface area contributed by atoms with Crippen molar-refractivity contribution >= 4 is 35.6 Å². The minimum absolute atomic E-state index is 0. The van der Waals surface area contributed by atoms with Crippen LogP contribution in [0.5, 0.6) is 5.75 Å². The Hall–Kier alpha value is -2.00. The average Bonchev–Trinajstić information content (AvgIpc) is 3.29. The van der Waals surface area contributed by atoms with E-state index in [-0.39, 0.29) is 24.0 Å². The van der Waals surface area contributed by atoms with Gasteiger partial charge in [-0.05, 0) is 49.6 Å². The largest absolute Gasteiger partial charge is 0.493 e. The van der Waals surface area contributed by atoms with Crippen molar-refractivity contribution in [2.45, 2.75) is 33.4 Å². The Morgan fingerprint density at radius 3 is 2.75 bits per heavy atom. The number of guanidine groups is 1. The fourth-order valence-electron chi connectivity index (χ4n) is 3.49. The first kappa shape index (κ1) is 26.3. The topological polar surface area (TPSA) is 58.1 Å². The number of rotatable bonds is 9. The second-order valence-corrected chi connectivity index (χ2v) is 8.26. The number of aryl methyl sites for hydroxylation is 1. The number of anilines is 1. The van der Waals surface area contributed by atoms with Crippen LogP contribution in [0.1, 0.15) is 30.0 Å². The maximum Gasteiger partial charge on any atom is 0.191 e. The summed E-state index contributed by atoms with van der Waals surface area (Å²) in [6.07, 6.45) is 1.08. The van der Waals surface area contributed by atoms with Gasteiger partial charge in [-0.25, -0.2) is 4.99 Å². The minimum atomic E-state index is 0. The molecule has 32 heavy (non-hydrogen) atoms. The summed E-state index contributed by atoms with van der Waals surface area (Å²) in [7, 11) is 4.10. The van der Waals surface area contributed by atoms with Crippen LogP contribution in [0, 0.1) is 12.8 Å². The number of hydrogen-bond donors (Lipinski definition) is 2. The summed E-state index contributed by atoms with van der Waals surface area (Å²) in [4.78, 5) is 6.88. The summed E-state index contributed by atoms with van der Waals surface area (Å²) < 4.78 is 11.6. The Bertz CT molecular complexity index is 867. The molecule has 0 saturated carbocycles. The third-order valence-corrected chi connectivity index (χ3v) is 5.36. The monoisotopic (exact) mass is 552 g/mol. The average molecular weight is 553 g/mol. The van der Waals surface area contributed by atoms with Crippen LogP contribution in [0.4, 0.5) is 5.69 Å². The van der Waals surface area contributed by atoms with E-state index >= 15 is 0 Å². The number of hydrogen-bond acceptors (Lipinski definition) is 4. The Morgan fingerprint density at radius 1 is 1.19 bits per heavy atom. The smallest absolute Gasteiger partial charge is 0.191 e. The molecule has 1 saturated heterocycles. The van der Waals surface area contributed by atoms with Gasteiger partial charge >= 0.3 is 0 Å². The van der Waals surface area contributed by atoms with Gasteiger partial charge in [-0.2, -0.15) is 0 Å². The van der Waals surface area contributed by atoms with E-state index in [9.17, 15) is 0 Å². The first-order valence-corrected chi connectivity index (χ1v) is 11.1. The molecule has 1 unspecified atom stereocenters. The molecule has 6 nitrogen and oxygen atoms in total. The molecule has 0 spiro atoms. The van der Waals surface area contributed by atoms with E-state index in [1.165, 1.54) is 16.8 Å². The van der Waals surface area contributed by atoms with Crippen LogP contribution in [0.2, 0.25) is 0 Å². The van der Waals surface area contributed by atoms with Crippen LogP contribution in [-0.2, 0) is 17.8 Å². The maximum atomic E-state index is 6.17. The van der Waals surface area contributed by atoms with Gasteiger partial charge < -0.3 is 25.0 Å². The van der Waals surface area contributed by atoms with Crippen molar-refractivity contribution in [2.24, 2.45) is 10.9 Å². The van der Waals surface area contributed by atoms with Gasteiger partial charge in [0, 0.05) is 51.0 Å². The van der Waals surface area contributed by atoms with Crippen molar-refractivity contribution in [3.8, 4) is 5.75 Å². The normalized spacial score (nSPS) is 15.8. The van der Waals surface area contributed by atoms with Crippen molar-refractivity contribution < 1.29 is 9.47 Å². The maximum absolute atomic E-state index is 6.17. The lowest BCUT2D eigenvalue weighted by Crippen LogP contribution is -2.36. The Labute approximate surface area is 209 Å². The standard InChI is InChI=1S/C25H36N4O2.HI/c1-5-26-25(27-15-20-7-6-8-23(14-20)29(3)4)28-16-22-10-9-19(2)13-24(22)31-18-21-11-12-30-17-21;/h6-10,13-14,21H,5,11-12,15-18H2,1-4H3,(H2,26,27,28);1H. The zero-order valence-electron chi connectivity index (χ0n) is 19.7. The molecule has 3 rings (SSSR count). The van der Waals surface area contributed by atoms with Crippen LogP contribution in [0.15, 0.2) is 47.5 Å². The van der Waals surface area contributed by atoms with Gasteiger partial charge in [-0.3, -0.25) is 0 Å². The number of benzene rings is 2. The third kappa shape index (κ3) is 8.16. The highest BCUT2D eigenvalue weighted by Crippen LogP contribution is 2.22. The molecule has 0 aliphatic carbocycles. The molecule has 0 radical (unpaired) electrons. The molecule has 1 aliphatic heterocycles. The van der Waals surface area contributed by atoms with Crippen molar-refractivity contribution in [1.82, 2.24) is 10.6 Å². The number of ether oxygens (including phenoxy) is 2. The lowest BCUT2D eigenvalue weighted by Gasteiger charge is -2.17. The molecule has 2 aromatic rings. The van der Waals surface area contributed by atoms with Gasteiger partial charge in [0.05, 0.1) is 19.8 Å². The predicted molar refractivity (Wildman–Crippen MR) is 143 cm³/mol. The summed E-state index contributed by atoms with van der Waals surface area (Å²) in [5, 5.41) is 6.80. The lowest BCUT2D eigenvalue weighted by atomic mass is 10.1. The first-order valence-electron chi connectivity index (χ1n) is 11.1. The quantitative estimate of drug-likeness (QED) is 0.275. The number of nitrogens with one attached hydrogen (secondary N) is 2. The Kier molecular flexibility index (Phi) is 11.1. The van der Waals surface area contributed by atoms with E-state index in [2.05, 4.69) is 85.9 Å². The zero-order valence-corrected chi connectivity index (χ0v) is 22.0. The highest BCUT2D eigenvalue weighted by molar-refractivity contribution is 14.0. The SMILES string of the molecule is CCNC(=NCc1cccc(N(C)C)c1)NCc1ccc(C)cc1OCC1CCOC1.I. The molecule has 1 fully saturated rings. The van der Waals surface area contributed by atoms with Crippen LogP contribution in [-0.4, -0.2) is 46.4 Å². The Balaban J connectivity index is 0.00000363. The van der Waals surface area contributed by atoms with Crippen LogP contribution >= 0.6 is 24.0 Å². The molecule has 2 N–H and O–H groups in total. The van der Waals surface area contributed by atoms with Crippen molar-refractivity contribution in [3.05, 3.63) is 59.2 Å². The fraction of sp³-hybridized carbons (Fsp3) is 0.480. The molecule has 2 aromatic carbocycles. The third-order valence-electron chi connectivity index (χ3n) is 5.36. The molecule has 1 atom stereocenters. The molecule has 0 amide bonds. The van der Waals surface area contributed by atoms with Gasteiger partial charge in [-0.1, -0.05) is 24.3 Å². The number of nitrogens with zero attached hydrogens (tertiary/aromatic N) is 2. The summed E-state index contributed by atoms with van der Waals surface area (Å²) in [5.74, 6) is 2.22. The lowest BCUT2D eigenvalue weighted by molar-refractivity contribution is 0.166. The molecule has 1 aliphatic rings. The van der Waals surface area contributed by atoms with Crippen molar-refractivity contribution in [1.29, 1.82) is 0 Å². The fourth-order valence-corrected chi connectivity index (χ4v) is 3.49. The molecule has 0 aromatic heterocycles. The van der Waals surface area contributed by atoms with E-state index < -0.39 is 0 Å². The van der Waals surface area contributed by atoms with Crippen molar-refractivity contribution in [3.63, 3.8) is 0 Å². The molecule has 7 heteroatoms. The summed E-state index contributed by atoms with van der Waals surface area (Å²) >= 11 is 0. The van der Waals surface area contributed by atoms with Gasteiger partial charge in [0.25, 0.3) is 0 Å². The molecular formula is C25H37IN4O2. The Morgan fingerprint density at radius 2 is 2.03 bits per heavy atom. The van der Waals surface area contributed by atoms with Gasteiger partial charge in [-0.15, -0.1) is 24.0 Å². The summed E-state index contributed by atoms with van der Waals surface area (Å²) in [6, 6.07) is 14.8.